The van der Waals surface area contributed by atoms with Crippen LogP contribution in [0.4, 0.5) is 10.2 Å². The van der Waals surface area contributed by atoms with Crippen LogP contribution < -0.4 is 10.5 Å². The van der Waals surface area contributed by atoms with Crippen molar-refractivity contribution < 1.29 is 9.13 Å². The zero-order valence-electron chi connectivity index (χ0n) is 16.1. The number of hydrogen-bond acceptors (Lipinski definition) is 6. The van der Waals surface area contributed by atoms with Gasteiger partial charge in [0.1, 0.15) is 23.9 Å². The Morgan fingerprint density at radius 1 is 1.32 bits per heavy atom. The van der Waals surface area contributed by atoms with Crippen molar-refractivity contribution in [1.82, 2.24) is 14.0 Å². The molecule has 1 unspecified atom stereocenters. The molecule has 1 saturated heterocycles. The van der Waals surface area contributed by atoms with Crippen molar-refractivity contribution in [3.8, 4) is 6.07 Å². The second kappa shape index (κ2) is 8.22. The fourth-order valence-electron chi connectivity index (χ4n) is 3.39. The van der Waals surface area contributed by atoms with Gasteiger partial charge in [-0.15, -0.1) is 0 Å². The van der Waals surface area contributed by atoms with Crippen molar-refractivity contribution in [3.05, 3.63) is 56.3 Å². The largest absolute Gasteiger partial charge is 0.356 e. The van der Waals surface area contributed by atoms with Gasteiger partial charge in [-0.05, 0) is 29.9 Å². The van der Waals surface area contributed by atoms with Gasteiger partial charge in [-0.25, -0.2) is 4.39 Å². The smallest absolute Gasteiger partial charge is 0.274 e. The van der Waals surface area contributed by atoms with Crippen LogP contribution >= 0.6 is 12.2 Å². The summed E-state index contributed by atoms with van der Waals surface area (Å²) >= 11 is 5.33. The highest BCUT2D eigenvalue weighted by Gasteiger charge is 2.28. The molecule has 0 saturated carbocycles. The van der Waals surface area contributed by atoms with E-state index in [2.05, 4.69) is 4.90 Å². The Kier molecular flexibility index (Phi) is 5.93. The maximum atomic E-state index is 13.1. The lowest BCUT2D eigenvalue weighted by molar-refractivity contribution is -0.0304. The van der Waals surface area contributed by atoms with E-state index in [4.69, 9.17) is 17.0 Å². The van der Waals surface area contributed by atoms with Crippen molar-refractivity contribution in [2.45, 2.75) is 12.8 Å². The number of benzene rings is 1. The van der Waals surface area contributed by atoms with Crippen LogP contribution in [-0.4, -0.2) is 47.0 Å². The molecule has 1 fully saturated rings. The van der Waals surface area contributed by atoms with Crippen molar-refractivity contribution in [1.29, 1.82) is 5.26 Å². The summed E-state index contributed by atoms with van der Waals surface area (Å²) in [6.07, 6.45) is -0.353. The quantitative estimate of drug-likeness (QED) is 0.725. The summed E-state index contributed by atoms with van der Waals surface area (Å²) in [5, 5.41) is 9.54. The summed E-state index contributed by atoms with van der Waals surface area (Å²) in [5.74, 6) is 0.175. The minimum Gasteiger partial charge on any atom is -0.356 e. The lowest BCUT2D eigenvalue weighted by Crippen LogP contribution is -2.50. The van der Waals surface area contributed by atoms with Crippen LogP contribution in [0.3, 0.4) is 0 Å². The molecular weight excluding hydrogens is 381 g/mol. The van der Waals surface area contributed by atoms with Crippen molar-refractivity contribution in [3.63, 3.8) is 0 Å². The van der Waals surface area contributed by atoms with Crippen LogP contribution in [0.1, 0.15) is 11.1 Å². The summed E-state index contributed by atoms with van der Waals surface area (Å²) in [6, 6.07) is 8.43. The Hall–Kier alpha value is -2.54. The number of ether oxygens (including phenoxy) is 1. The maximum absolute atomic E-state index is 13.1. The van der Waals surface area contributed by atoms with Gasteiger partial charge < -0.3 is 14.2 Å². The van der Waals surface area contributed by atoms with Gasteiger partial charge in [0.15, 0.2) is 10.3 Å². The first-order valence-electron chi connectivity index (χ1n) is 8.84. The molecule has 0 spiro atoms. The predicted molar refractivity (Wildman–Crippen MR) is 106 cm³/mol. The number of halogens is 1. The fraction of sp³-hybridized carbons (Fsp3) is 0.421. The average Bonchev–Trinajstić information content (AvgIpc) is 2.70. The topological polar surface area (TPSA) is 66.4 Å². The third-order valence-corrected chi connectivity index (χ3v) is 5.51. The van der Waals surface area contributed by atoms with Gasteiger partial charge in [0.25, 0.3) is 5.56 Å². The predicted octanol–water partition coefficient (Wildman–Crippen LogP) is 1.76. The molecule has 0 N–H and O–H groups in total. The Balaban J connectivity index is 1.86. The molecule has 9 heteroatoms. The van der Waals surface area contributed by atoms with Crippen LogP contribution in [0.5, 0.6) is 0 Å². The molecular formula is C19H22FN5O2S. The van der Waals surface area contributed by atoms with Crippen LogP contribution in [0.2, 0.25) is 0 Å². The third kappa shape index (κ3) is 3.85. The zero-order chi connectivity index (χ0) is 20.4. The van der Waals surface area contributed by atoms with Crippen LogP contribution in [0, 0.1) is 21.9 Å². The molecule has 0 aliphatic carbocycles. The average molecular weight is 403 g/mol. The van der Waals surface area contributed by atoms with E-state index in [1.807, 2.05) is 6.07 Å². The lowest BCUT2D eigenvalue weighted by Gasteiger charge is -2.39. The first-order chi connectivity index (χ1) is 13.3. The zero-order valence-corrected chi connectivity index (χ0v) is 16.9. The van der Waals surface area contributed by atoms with Crippen LogP contribution in [-0.2, 0) is 25.4 Å². The molecule has 0 amide bonds. The van der Waals surface area contributed by atoms with Gasteiger partial charge >= 0.3 is 0 Å². The van der Waals surface area contributed by atoms with E-state index in [-0.39, 0.29) is 17.6 Å². The Morgan fingerprint density at radius 3 is 2.64 bits per heavy atom. The van der Waals surface area contributed by atoms with E-state index in [0.717, 1.165) is 12.1 Å². The monoisotopic (exact) mass is 403 g/mol. The highest BCUT2D eigenvalue weighted by Crippen LogP contribution is 2.21. The van der Waals surface area contributed by atoms with E-state index in [0.29, 0.717) is 30.3 Å². The fourth-order valence-corrected chi connectivity index (χ4v) is 3.56. The molecule has 1 aromatic carbocycles. The number of likely N-dealkylation sites (N-methyl/N-ethyl adjacent to an activating group) is 1. The first-order valence-corrected chi connectivity index (χ1v) is 9.25. The van der Waals surface area contributed by atoms with Gasteiger partial charge in [-0.3, -0.25) is 14.3 Å². The number of nitrogens with zero attached hydrogens (tertiary/aromatic N) is 5. The van der Waals surface area contributed by atoms with Crippen LogP contribution in [0.25, 0.3) is 0 Å². The molecule has 1 atom stereocenters. The number of morpholine rings is 1. The number of hydrogen-bond donors (Lipinski definition) is 0. The Bertz CT molecular complexity index is 1020. The molecule has 148 valence electrons. The minimum absolute atomic E-state index is 0.0281. The summed E-state index contributed by atoms with van der Waals surface area (Å²) in [4.78, 5) is 16.4. The van der Waals surface area contributed by atoms with Crippen molar-refractivity contribution in [2.24, 2.45) is 14.1 Å². The van der Waals surface area contributed by atoms with Crippen molar-refractivity contribution >= 4 is 18.0 Å². The molecule has 7 nitrogen and oxygen atoms in total. The number of rotatable bonds is 4. The summed E-state index contributed by atoms with van der Waals surface area (Å²) in [7, 11) is 5.07. The van der Waals surface area contributed by atoms with Crippen molar-refractivity contribution in [2.75, 3.05) is 31.6 Å². The van der Waals surface area contributed by atoms with Gasteiger partial charge in [-0.1, -0.05) is 12.1 Å². The first kappa shape index (κ1) is 20.2. The van der Waals surface area contributed by atoms with E-state index in [1.165, 1.54) is 16.7 Å². The molecule has 28 heavy (non-hydrogen) atoms. The minimum atomic E-state index is -0.425. The number of aromatic nitrogens is 2. The maximum Gasteiger partial charge on any atom is 0.274 e. The molecule has 2 aromatic rings. The highest BCUT2D eigenvalue weighted by molar-refractivity contribution is 7.71. The van der Waals surface area contributed by atoms with Crippen LogP contribution in [0.15, 0.2) is 29.1 Å². The molecule has 1 aromatic heterocycles. The highest BCUT2D eigenvalue weighted by atomic mass is 32.1. The second-order valence-corrected chi connectivity index (χ2v) is 7.18. The number of anilines is 1. The molecule has 0 bridgehead atoms. The van der Waals surface area contributed by atoms with Gasteiger partial charge in [0.2, 0.25) is 0 Å². The lowest BCUT2D eigenvalue weighted by atomic mass is 10.2. The Morgan fingerprint density at radius 2 is 2.00 bits per heavy atom. The Labute approximate surface area is 167 Å². The number of nitriles is 1. The summed E-state index contributed by atoms with van der Waals surface area (Å²) in [5.41, 5.74) is 0.612. The van der Waals surface area contributed by atoms with E-state index >= 15 is 0 Å². The molecule has 3 rings (SSSR count). The normalized spacial score (nSPS) is 17.3. The third-order valence-electron chi connectivity index (χ3n) is 4.96. The van der Waals surface area contributed by atoms with Gasteiger partial charge in [0.05, 0.1) is 6.61 Å². The van der Waals surface area contributed by atoms with E-state index < -0.39 is 5.56 Å². The van der Waals surface area contributed by atoms with E-state index in [1.54, 1.807) is 42.7 Å². The molecule has 1 aliphatic heterocycles. The van der Waals surface area contributed by atoms with Gasteiger partial charge in [0, 0.05) is 40.8 Å². The summed E-state index contributed by atoms with van der Waals surface area (Å²) < 4.78 is 22.3. The molecule has 2 heterocycles. The molecule has 1 aliphatic rings. The second-order valence-electron chi connectivity index (χ2n) is 6.81. The SMILES string of the molecule is CN(c1c(C#N)c(=O)n(C)c(=S)n1C)C1CN(Cc2ccc(F)cc2)CCO1. The summed E-state index contributed by atoms with van der Waals surface area (Å²) in [6.45, 7) is 2.48. The van der Waals surface area contributed by atoms with Gasteiger partial charge in [-0.2, -0.15) is 5.26 Å². The standard InChI is InChI=1S/C19H22FN5O2S/c1-22(17-15(10-21)18(26)24(3)19(28)23(17)2)16-12-25(8-9-27-16)11-13-4-6-14(20)7-5-13/h4-7,16H,8-9,11-12H2,1-3H3. The molecule has 0 radical (unpaired) electrons. The van der Waals surface area contributed by atoms with E-state index in [9.17, 15) is 14.4 Å².